The topological polar surface area (TPSA) is 66.8 Å². The van der Waals surface area contributed by atoms with Crippen LogP contribution in [-0.2, 0) is 4.43 Å². The molecular weight excluding hydrogens is 128 g/mol. The third kappa shape index (κ3) is 539. The molecule has 0 unspecified atom stereocenters. The van der Waals surface area contributed by atoms with E-state index < -0.39 is 6.16 Å². The summed E-state index contributed by atoms with van der Waals surface area (Å²) in [5.74, 6) is 0. The SMILES string of the molecule is CCO[SiH3].O=C(O)O. The van der Waals surface area contributed by atoms with Crippen LogP contribution in [0, 0.1) is 0 Å². The zero-order chi connectivity index (χ0) is 6.99. The van der Waals surface area contributed by atoms with Gasteiger partial charge < -0.3 is 14.6 Å². The van der Waals surface area contributed by atoms with Crippen molar-refractivity contribution in [3.63, 3.8) is 0 Å². The summed E-state index contributed by atoms with van der Waals surface area (Å²) in [5, 5.41) is 13.9. The van der Waals surface area contributed by atoms with E-state index in [4.69, 9.17) is 15.0 Å². The third-order valence-electron chi connectivity index (χ3n) is 0.289. The van der Waals surface area contributed by atoms with Gasteiger partial charge in [-0.1, -0.05) is 0 Å². The second-order valence-corrected chi connectivity index (χ2v) is 1.44. The van der Waals surface area contributed by atoms with Gasteiger partial charge in [-0.2, -0.15) is 0 Å². The molecule has 2 N–H and O–H groups in total. The van der Waals surface area contributed by atoms with Gasteiger partial charge in [0.1, 0.15) is 10.5 Å². The summed E-state index contributed by atoms with van der Waals surface area (Å²) in [6.07, 6.45) is -1.83. The van der Waals surface area contributed by atoms with E-state index in [1.807, 2.05) is 6.92 Å². The van der Waals surface area contributed by atoms with Gasteiger partial charge in [0.25, 0.3) is 0 Å². The lowest BCUT2D eigenvalue weighted by atomic mass is 10.9. The van der Waals surface area contributed by atoms with Crippen molar-refractivity contribution in [3.05, 3.63) is 0 Å². The van der Waals surface area contributed by atoms with Gasteiger partial charge in [-0.25, -0.2) is 4.79 Å². The molecule has 0 saturated heterocycles. The fourth-order valence-electron chi connectivity index (χ4n) is 0. The number of carboxylic acid groups (broad SMARTS) is 2. The Hall–Kier alpha value is -0.553. The molecule has 0 aromatic rings. The van der Waals surface area contributed by atoms with E-state index in [0.717, 1.165) is 17.1 Å². The van der Waals surface area contributed by atoms with Crippen molar-refractivity contribution in [3.8, 4) is 0 Å². The van der Waals surface area contributed by atoms with Crippen molar-refractivity contribution < 1.29 is 19.4 Å². The Morgan fingerprint density at radius 1 is 1.75 bits per heavy atom. The summed E-state index contributed by atoms with van der Waals surface area (Å²) in [4.78, 5) is 8.56. The Balaban J connectivity index is 0. The van der Waals surface area contributed by atoms with E-state index in [1.165, 1.54) is 0 Å². The van der Waals surface area contributed by atoms with Crippen LogP contribution in [0.2, 0.25) is 0 Å². The average molecular weight is 138 g/mol. The molecule has 0 spiro atoms. The Kier molecular flexibility index (Phi) is 12.6. The molecule has 4 nitrogen and oxygen atoms in total. The van der Waals surface area contributed by atoms with Gasteiger partial charge >= 0.3 is 6.16 Å². The van der Waals surface area contributed by atoms with Gasteiger partial charge in [0.2, 0.25) is 0 Å². The van der Waals surface area contributed by atoms with E-state index >= 15 is 0 Å². The summed E-state index contributed by atoms with van der Waals surface area (Å²) in [5.41, 5.74) is 0. The van der Waals surface area contributed by atoms with Crippen molar-refractivity contribution in [2.24, 2.45) is 0 Å². The number of hydrogen-bond acceptors (Lipinski definition) is 2. The Bertz CT molecular complexity index is 49.2. The van der Waals surface area contributed by atoms with E-state index in [9.17, 15) is 0 Å². The fourth-order valence-corrected chi connectivity index (χ4v) is 0. The highest BCUT2D eigenvalue weighted by Crippen LogP contribution is 1.50. The van der Waals surface area contributed by atoms with Crippen LogP contribution in [0.1, 0.15) is 6.92 Å². The summed E-state index contributed by atoms with van der Waals surface area (Å²) in [6.45, 7) is 2.87. The van der Waals surface area contributed by atoms with Crippen LogP contribution in [0.5, 0.6) is 0 Å². The Morgan fingerprint density at radius 2 is 1.88 bits per heavy atom. The molecule has 0 aliphatic rings. The Morgan fingerprint density at radius 3 is 1.88 bits per heavy atom. The minimum Gasteiger partial charge on any atom is -0.450 e. The molecule has 5 heteroatoms. The molecule has 0 rings (SSSR count). The molecule has 8 heavy (non-hydrogen) atoms. The van der Waals surface area contributed by atoms with Gasteiger partial charge in [-0.3, -0.25) is 0 Å². The summed E-state index contributed by atoms with van der Waals surface area (Å²) >= 11 is 0. The first-order chi connectivity index (χ1) is 3.65. The van der Waals surface area contributed by atoms with Gasteiger partial charge in [0.05, 0.1) is 0 Å². The highest BCUT2D eigenvalue weighted by molar-refractivity contribution is 5.97. The fraction of sp³-hybridized carbons (Fsp3) is 0.667. The molecular formula is C3H10O4Si. The van der Waals surface area contributed by atoms with Crippen LogP contribution in [0.4, 0.5) is 4.79 Å². The van der Waals surface area contributed by atoms with Crippen LogP contribution in [0.25, 0.3) is 0 Å². The quantitative estimate of drug-likeness (QED) is 0.480. The predicted molar refractivity (Wildman–Crippen MR) is 32.2 cm³/mol. The Labute approximate surface area is 50.6 Å². The number of carbonyl (C=O) groups is 1. The highest BCUT2D eigenvalue weighted by atomic mass is 28.2. The van der Waals surface area contributed by atoms with Gasteiger partial charge in [0, 0.05) is 6.61 Å². The maximum absolute atomic E-state index is 8.56. The van der Waals surface area contributed by atoms with Crippen molar-refractivity contribution in [1.29, 1.82) is 0 Å². The lowest BCUT2D eigenvalue weighted by molar-refractivity contribution is 0.137. The molecule has 0 heterocycles. The molecule has 0 amide bonds. The maximum atomic E-state index is 8.56. The smallest absolute Gasteiger partial charge is 0.450 e. The van der Waals surface area contributed by atoms with Crippen molar-refractivity contribution in [1.82, 2.24) is 0 Å². The second kappa shape index (κ2) is 9.67. The first kappa shape index (κ1) is 10.4. The standard InChI is InChI=1S/C2H8OSi.CH2O3/c1-2-3-4;2-1(3)4/h2H2,1,4H3;(H2,2,3,4). The molecule has 0 saturated carbocycles. The summed E-state index contributed by atoms with van der Waals surface area (Å²) in [7, 11) is 0.890. The molecule has 0 bridgehead atoms. The zero-order valence-electron chi connectivity index (χ0n) is 4.92. The van der Waals surface area contributed by atoms with Crippen LogP contribution in [0.15, 0.2) is 0 Å². The van der Waals surface area contributed by atoms with Crippen LogP contribution in [0.3, 0.4) is 0 Å². The van der Waals surface area contributed by atoms with Gasteiger partial charge in [0.15, 0.2) is 0 Å². The van der Waals surface area contributed by atoms with Crippen LogP contribution >= 0.6 is 0 Å². The molecule has 50 valence electrons. The van der Waals surface area contributed by atoms with E-state index in [0.29, 0.717) is 0 Å². The number of hydrogen-bond donors (Lipinski definition) is 2. The molecule has 0 aliphatic heterocycles. The summed E-state index contributed by atoms with van der Waals surface area (Å²) in [6, 6.07) is 0. The average Bonchev–Trinajstić information content (AvgIpc) is 1.65. The minimum atomic E-state index is -1.83. The van der Waals surface area contributed by atoms with E-state index in [-0.39, 0.29) is 0 Å². The van der Waals surface area contributed by atoms with Crippen LogP contribution in [-0.4, -0.2) is 33.5 Å². The minimum absolute atomic E-state index is 0.881. The second-order valence-electron chi connectivity index (χ2n) is 0.860. The lowest BCUT2D eigenvalue weighted by Crippen LogP contribution is -1.81. The largest absolute Gasteiger partial charge is 0.503 e. The number of rotatable bonds is 1. The predicted octanol–water partition coefficient (Wildman–Crippen LogP) is -0.474. The first-order valence-corrected chi connectivity index (χ1v) is 2.87. The van der Waals surface area contributed by atoms with Crippen molar-refractivity contribution in [2.75, 3.05) is 6.61 Å². The van der Waals surface area contributed by atoms with Gasteiger partial charge in [-0.05, 0) is 6.92 Å². The molecule has 0 aliphatic carbocycles. The zero-order valence-corrected chi connectivity index (χ0v) is 6.92. The lowest BCUT2D eigenvalue weighted by Gasteiger charge is -1.77. The van der Waals surface area contributed by atoms with Crippen LogP contribution < -0.4 is 0 Å². The van der Waals surface area contributed by atoms with Crippen molar-refractivity contribution in [2.45, 2.75) is 6.92 Å². The van der Waals surface area contributed by atoms with E-state index in [1.54, 1.807) is 0 Å². The molecule has 0 fully saturated rings. The van der Waals surface area contributed by atoms with E-state index in [2.05, 4.69) is 4.43 Å². The summed E-state index contributed by atoms with van der Waals surface area (Å²) < 4.78 is 4.68. The van der Waals surface area contributed by atoms with Crippen molar-refractivity contribution >= 4 is 16.6 Å². The molecule has 0 aromatic heterocycles. The monoisotopic (exact) mass is 138 g/mol. The molecule has 0 radical (unpaired) electrons. The first-order valence-electron chi connectivity index (χ1n) is 2.06. The van der Waals surface area contributed by atoms with Gasteiger partial charge in [-0.15, -0.1) is 0 Å². The highest BCUT2D eigenvalue weighted by Gasteiger charge is 1.70. The normalized spacial score (nSPS) is 7.12. The molecule has 0 aromatic carbocycles. The maximum Gasteiger partial charge on any atom is 0.503 e. The third-order valence-corrected chi connectivity index (χ3v) is 0.866. The molecule has 0 atom stereocenters.